The first kappa shape index (κ1) is 20.3. The number of nitro benzene ring substituents is 1. The van der Waals surface area contributed by atoms with E-state index in [2.05, 4.69) is 15.6 Å². The molecule has 1 heterocycles. The van der Waals surface area contributed by atoms with Gasteiger partial charge in [-0.2, -0.15) is 0 Å². The van der Waals surface area contributed by atoms with Crippen LogP contribution in [-0.4, -0.2) is 32.1 Å². The van der Waals surface area contributed by atoms with Gasteiger partial charge in [0.25, 0.3) is 11.6 Å². The number of hydrogen-bond acceptors (Lipinski definition) is 7. The fraction of sp³-hybridized carbons (Fsp3) is 0.211. The van der Waals surface area contributed by atoms with Crippen molar-refractivity contribution in [3.8, 4) is 0 Å². The first-order valence-electron chi connectivity index (χ1n) is 8.84. The molecule has 0 atom stereocenters. The van der Waals surface area contributed by atoms with Gasteiger partial charge in [0.2, 0.25) is 0 Å². The van der Waals surface area contributed by atoms with Crippen molar-refractivity contribution in [2.24, 2.45) is 7.05 Å². The summed E-state index contributed by atoms with van der Waals surface area (Å²) in [4.78, 5) is 24.1. The van der Waals surface area contributed by atoms with Crippen LogP contribution >= 0.6 is 11.8 Å². The minimum atomic E-state index is -0.507. The summed E-state index contributed by atoms with van der Waals surface area (Å²) in [5, 5.41) is 21.4. The number of anilines is 1. The fourth-order valence-corrected chi connectivity index (χ4v) is 3.44. The molecule has 0 aliphatic carbocycles. The summed E-state index contributed by atoms with van der Waals surface area (Å²) in [6, 6.07) is 12.1. The topological polar surface area (TPSA) is 106 Å². The van der Waals surface area contributed by atoms with Gasteiger partial charge in [-0.3, -0.25) is 25.3 Å². The Hall–Kier alpha value is -3.40. The highest BCUT2D eigenvalue weighted by atomic mass is 32.2. The Morgan fingerprint density at radius 3 is 2.59 bits per heavy atom. The van der Waals surface area contributed by atoms with E-state index in [9.17, 15) is 14.9 Å². The van der Waals surface area contributed by atoms with Crippen LogP contribution in [0, 0.1) is 17.0 Å². The van der Waals surface area contributed by atoms with Gasteiger partial charge >= 0.3 is 0 Å². The molecule has 0 bridgehead atoms. The molecule has 0 aliphatic rings. The van der Waals surface area contributed by atoms with Crippen LogP contribution in [0.1, 0.15) is 22.8 Å². The third-order valence-corrected chi connectivity index (χ3v) is 5.30. The quantitative estimate of drug-likeness (QED) is 0.468. The Morgan fingerprint density at radius 2 is 2.00 bits per heavy atom. The van der Waals surface area contributed by atoms with Crippen LogP contribution in [0.25, 0.3) is 0 Å². The van der Waals surface area contributed by atoms with Crippen molar-refractivity contribution in [3.05, 3.63) is 70.0 Å². The van der Waals surface area contributed by atoms with Crippen molar-refractivity contribution in [1.82, 2.24) is 20.2 Å². The van der Waals surface area contributed by atoms with E-state index < -0.39 is 10.8 Å². The molecule has 10 heteroatoms. The zero-order valence-electron chi connectivity index (χ0n) is 16.2. The van der Waals surface area contributed by atoms with Crippen molar-refractivity contribution in [3.63, 3.8) is 0 Å². The monoisotopic (exact) mass is 412 g/mol. The Bertz CT molecular complexity index is 1030. The molecule has 0 saturated carbocycles. The molecule has 0 radical (unpaired) electrons. The number of nitrogens with one attached hydrogen (secondary N) is 1. The standard InChI is InChI=1S/C19H20N6O3S/c1-4-24(15-8-5-13(2)6-9-15)22-18(26)14-7-10-17(16(11-14)25(27)28)29-19-21-20-12-23(19)3/h5-12H,4H2,1-3H3,(H,22,26). The molecule has 3 aromatic rings. The number of benzene rings is 2. The van der Waals surface area contributed by atoms with E-state index in [0.717, 1.165) is 23.0 Å². The highest BCUT2D eigenvalue weighted by Crippen LogP contribution is 2.34. The van der Waals surface area contributed by atoms with Gasteiger partial charge in [0.05, 0.1) is 15.5 Å². The Morgan fingerprint density at radius 1 is 1.28 bits per heavy atom. The van der Waals surface area contributed by atoms with Crippen molar-refractivity contribution in [2.75, 3.05) is 11.6 Å². The second-order valence-electron chi connectivity index (χ2n) is 6.29. The Kier molecular flexibility index (Phi) is 6.13. The van der Waals surface area contributed by atoms with E-state index in [1.54, 1.807) is 28.8 Å². The molecule has 29 heavy (non-hydrogen) atoms. The average molecular weight is 412 g/mol. The number of hydrazine groups is 1. The first-order chi connectivity index (χ1) is 13.9. The van der Waals surface area contributed by atoms with Crippen LogP contribution in [0.2, 0.25) is 0 Å². The van der Waals surface area contributed by atoms with Gasteiger partial charge in [0.15, 0.2) is 5.16 Å². The predicted octanol–water partition coefficient (Wildman–Crippen LogP) is 3.35. The Labute approximate surface area is 171 Å². The summed E-state index contributed by atoms with van der Waals surface area (Å²) in [7, 11) is 1.75. The molecule has 150 valence electrons. The van der Waals surface area contributed by atoms with Crippen molar-refractivity contribution in [1.29, 1.82) is 0 Å². The molecule has 0 saturated heterocycles. The van der Waals surface area contributed by atoms with E-state index >= 15 is 0 Å². The summed E-state index contributed by atoms with van der Waals surface area (Å²) in [5.74, 6) is -0.425. The molecule has 1 N–H and O–H groups in total. The normalized spacial score (nSPS) is 10.6. The van der Waals surface area contributed by atoms with E-state index in [4.69, 9.17) is 0 Å². The molecule has 2 aromatic carbocycles. The molecular weight excluding hydrogens is 392 g/mol. The maximum atomic E-state index is 12.7. The van der Waals surface area contributed by atoms with Crippen LogP contribution in [0.4, 0.5) is 11.4 Å². The van der Waals surface area contributed by atoms with Crippen molar-refractivity contribution in [2.45, 2.75) is 23.9 Å². The first-order valence-corrected chi connectivity index (χ1v) is 9.66. The van der Waals surface area contributed by atoms with Gasteiger partial charge in [-0.25, -0.2) is 0 Å². The highest BCUT2D eigenvalue weighted by molar-refractivity contribution is 7.99. The third kappa shape index (κ3) is 4.72. The average Bonchev–Trinajstić information content (AvgIpc) is 3.11. The van der Waals surface area contributed by atoms with E-state index in [-0.39, 0.29) is 11.3 Å². The summed E-state index contributed by atoms with van der Waals surface area (Å²) in [6.07, 6.45) is 1.51. The maximum Gasteiger partial charge on any atom is 0.284 e. The molecule has 3 rings (SSSR count). The zero-order valence-corrected chi connectivity index (χ0v) is 17.0. The van der Waals surface area contributed by atoms with E-state index in [0.29, 0.717) is 16.6 Å². The molecule has 0 spiro atoms. The molecular formula is C19H20N6O3S. The van der Waals surface area contributed by atoms with Gasteiger partial charge in [-0.15, -0.1) is 10.2 Å². The second kappa shape index (κ2) is 8.74. The van der Waals surface area contributed by atoms with Gasteiger partial charge in [0.1, 0.15) is 6.33 Å². The summed E-state index contributed by atoms with van der Waals surface area (Å²) < 4.78 is 1.66. The molecule has 0 aliphatic heterocycles. The number of nitro groups is 1. The SMILES string of the molecule is CCN(NC(=O)c1ccc(Sc2nncn2C)c([N+](=O)[O-])c1)c1ccc(C)cc1. The fourth-order valence-electron chi connectivity index (χ4n) is 2.59. The van der Waals surface area contributed by atoms with Crippen LogP contribution < -0.4 is 10.4 Å². The highest BCUT2D eigenvalue weighted by Gasteiger charge is 2.21. The predicted molar refractivity (Wildman–Crippen MR) is 110 cm³/mol. The van der Waals surface area contributed by atoms with Crippen LogP contribution in [0.5, 0.6) is 0 Å². The van der Waals surface area contributed by atoms with Crippen LogP contribution in [0.3, 0.4) is 0 Å². The summed E-state index contributed by atoms with van der Waals surface area (Å²) >= 11 is 1.12. The minimum absolute atomic E-state index is 0.163. The smallest absolute Gasteiger partial charge is 0.284 e. The van der Waals surface area contributed by atoms with E-state index in [1.807, 2.05) is 38.1 Å². The van der Waals surface area contributed by atoms with Gasteiger partial charge in [0, 0.05) is 25.2 Å². The molecule has 1 aromatic heterocycles. The molecule has 0 fully saturated rings. The van der Waals surface area contributed by atoms with Gasteiger partial charge in [-0.1, -0.05) is 17.7 Å². The lowest BCUT2D eigenvalue weighted by Crippen LogP contribution is -2.42. The third-order valence-electron chi connectivity index (χ3n) is 4.19. The van der Waals surface area contributed by atoms with Crippen LogP contribution in [0.15, 0.2) is 58.8 Å². The molecule has 0 unspecified atom stereocenters. The number of rotatable bonds is 7. The number of hydrogen-bond donors (Lipinski definition) is 1. The second-order valence-corrected chi connectivity index (χ2v) is 7.30. The molecule has 9 nitrogen and oxygen atoms in total. The lowest BCUT2D eigenvalue weighted by molar-refractivity contribution is -0.387. The number of nitrogens with zero attached hydrogens (tertiary/aromatic N) is 5. The van der Waals surface area contributed by atoms with Gasteiger partial charge < -0.3 is 4.57 Å². The Balaban J connectivity index is 1.83. The van der Waals surface area contributed by atoms with Crippen molar-refractivity contribution >= 4 is 29.0 Å². The lowest BCUT2D eigenvalue weighted by atomic mass is 10.2. The number of amides is 1. The largest absolute Gasteiger partial charge is 0.311 e. The summed E-state index contributed by atoms with van der Waals surface area (Å²) in [5.41, 5.74) is 4.78. The van der Waals surface area contributed by atoms with Crippen molar-refractivity contribution < 1.29 is 9.72 Å². The minimum Gasteiger partial charge on any atom is -0.311 e. The lowest BCUT2D eigenvalue weighted by Gasteiger charge is -2.24. The van der Waals surface area contributed by atoms with Crippen LogP contribution in [-0.2, 0) is 7.05 Å². The maximum absolute atomic E-state index is 12.7. The number of carbonyl (C=O) groups is 1. The van der Waals surface area contributed by atoms with E-state index in [1.165, 1.54) is 12.4 Å². The summed E-state index contributed by atoms with van der Waals surface area (Å²) in [6.45, 7) is 4.43. The van der Waals surface area contributed by atoms with Gasteiger partial charge in [-0.05, 0) is 49.9 Å². The number of aromatic nitrogens is 3. The number of carbonyl (C=O) groups excluding carboxylic acids is 1. The number of aryl methyl sites for hydroxylation is 2. The zero-order chi connectivity index (χ0) is 21.0. The molecule has 1 amide bonds.